The normalized spacial score (nSPS) is 10.5. The largest absolute Gasteiger partial charge is 0.480 e. The number of thiophene rings is 1. The van der Waals surface area contributed by atoms with Crippen molar-refractivity contribution in [2.75, 3.05) is 18.5 Å². The lowest BCUT2D eigenvalue weighted by molar-refractivity contribution is -0.135. The van der Waals surface area contributed by atoms with E-state index in [0.29, 0.717) is 5.95 Å². The second-order valence-corrected chi connectivity index (χ2v) is 4.56. The predicted octanol–water partition coefficient (Wildman–Crippen LogP) is 1.06. The molecule has 0 aliphatic carbocycles. The average Bonchev–Trinajstić information content (AvgIpc) is 2.84. The van der Waals surface area contributed by atoms with Crippen molar-refractivity contribution in [3.8, 4) is 10.7 Å². The fourth-order valence-corrected chi connectivity index (χ4v) is 2.29. The average molecular weight is 252 g/mol. The number of nitrogens with zero attached hydrogens (tertiary/aromatic N) is 4. The number of likely N-dealkylation sites (N-methyl/N-ethyl adjacent to an activating group) is 1. The van der Waals surface area contributed by atoms with Crippen LogP contribution in [0.5, 0.6) is 0 Å². The van der Waals surface area contributed by atoms with Crippen molar-refractivity contribution >= 4 is 23.3 Å². The Labute approximate surface area is 102 Å². The van der Waals surface area contributed by atoms with E-state index in [1.807, 2.05) is 24.6 Å². The van der Waals surface area contributed by atoms with Crippen LogP contribution in [0, 0.1) is 0 Å². The molecule has 0 saturated heterocycles. The molecule has 2 rings (SSSR count). The molecule has 0 aliphatic heterocycles. The predicted molar refractivity (Wildman–Crippen MR) is 65.2 cm³/mol. The number of hydrogen-bond donors (Lipinski definition) is 1. The van der Waals surface area contributed by atoms with Gasteiger partial charge in [-0.05, 0) is 11.4 Å². The lowest BCUT2D eigenvalue weighted by atomic mass is 10.4. The zero-order valence-corrected chi connectivity index (χ0v) is 10.3. The Morgan fingerprint density at radius 1 is 1.59 bits per heavy atom. The van der Waals surface area contributed by atoms with Gasteiger partial charge in [-0.1, -0.05) is 6.07 Å². The maximum absolute atomic E-state index is 10.6. The van der Waals surface area contributed by atoms with Gasteiger partial charge < -0.3 is 10.0 Å². The Hall–Kier alpha value is -1.89. The Morgan fingerprint density at radius 2 is 2.35 bits per heavy atom. The minimum atomic E-state index is -0.895. The molecule has 0 amide bonds. The first kappa shape index (κ1) is 11.6. The van der Waals surface area contributed by atoms with Crippen molar-refractivity contribution in [3.05, 3.63) is 17.5 Å². The number of hydrogen-bond acceptors (Lipinski definition) is 5. The molecule has 1 N–H and O–H groups in total. The van der Waals surface area contributed by atoms with Crippen molar-refractivity contribution < 1.29 is 9.90 Å². The van der Waals surface area contributed by atoms with Crippen LogP contribution in [0.2, 0.25) is 0 Å². The molecule has 0 fully saturated rings. The summed E-state index contributed by atoms with van der Waals surface area (Å²) < 4.78 is 1.79. The van der Waals surface area contributed by atoms with Crippen molar-refractivity contribution in [1.29, 1.82) is 0 Å². The van der Waals surface area contributed by atoms with E-state index < -0.39 is 5.97 Å². The highest BCUT2D eigenvalue weighted by atomic mass is 32.1. The molecule has 0 aliphatic rings. The van der Waals surface area contributed by atoms with Crippen LogP contribution < -0.4 is 4.90 Å². The number of aliphatic carboxylic acids is 1. The number of rotatable bonds is 4. The number of anilines is 1. The van der Waals surface area contributed by atoms with E-state index in [0.717, 1.165) is 10.7 Å². The van der Waals surface area contributed by atoms with E-state index in [-0.39, 0.29) is 6.54 Å². The number of carboxylic acid groups (broad SMARTS) is 1. The molecule has 90 valence electrons. The van der Waals surface area contributed by atoms with Crippen LogP contribution in [-0.2, 0) is 11.8 Å². The first-order valence-corrected chi connectivity index (χ1v) is 5.83. The molecule has 7 heteroatoms. The maximum atomic E-state index is 10.6. The minimum Gasteiger partial charge on any atom is -0.480 e. The van der Waals surface area contributed by atoms with Crippen LogP contribution in [0.4, 0.5) is 5.95 Å². The summed E-state index contributed by atoms with van der Waals surface area (Å²) in [5.74, 6) is 0.385. The minimum absolute atomic E-state index is 0.101. The quantitative estimate of drug-likeness (QED) is 0.881. The summed E-state index contributed by atoms with van der Waals surface area (Å²) in [6, 6.07) is 3.89. The van der Waals surface area contributed by atoms with Crippen molar-refractivity contribution in [3.63, 3.8) is 0 Å². The molecule has 0 saturated carbocycles. The molecule has 0 atom stereocenters. The van der Waals surface area contributed by atoms with Crippen LogP contribution in [0.15, 0.2) is 17.5 Å². The van der Waals surface area contributed by atoms with Gasteiger partial charge in [-0.25, -0.2) is 0 Å². The molecular weight excluding hydrogens is 240 g/mol. The van der Waals surface area contributed by atoms with Gasteiger partial charge in [-0.15, -0.1) is 21.5 Å². The molecule has 2 heterocycles. The summed E-state index contributed by atoms with van der Waals surface area (Å²) in [5.41, 5.74) is 0. The highest BCUT2D eigenvalue weighted by Gasteiger charge is 2.16. The van der Waals surface area contributed by atoms with E-state index in [1.165, 1.54) is 0 Å². The molecule has 2 aromatic rings. The molecule has 0 aromatic carbocycles. The monoisotopic (exact) mass is 252 g/mol. The molecule has 17 heavy (non-hydrogen) atoms. The SMILES string of the molecule is CN(CC(=O)O)c1nnc(-c2cccs2)n1C. The molecule has 0 spiro atoms. The van der Waals surface area contributed by atoms with E-state index in [1.54, 1.807) is 27.9 Å². The van der Waals surface area contributed by atoms with Crippen molar-refractivity contribution in [1.82, 2.24) is 14.8 Å². The van der Waals surface area contributed by atoms with Gasteiger partial charge in [-0.3, -0.25) is 9.36 Å². The smallest absolute Gasteiger partial charge is 0.323 e. The van der Waals surface area contributed by atoms with Crippen LogP contribution in [0.25, 0.3) is 10.7 Å². The number of carbonyl (C=O) groups is 1. The summed E-state index contributed by atoms with van der Waals surface area (Å²) in [6.07, 6.45) is 0. The summed E-state index contributed by atoms with van der Waals surface area (Å²) >= 11 is 1.57. The maximum Gasteiger partial charge on any atom is 0.323 e. The van der Waals surface area contributed by atoms with Crippen molar-refractivity contribution in [2.24, 2.45) is 7.05 Å². The van der Waals surface area contributed by atoms with Gasteiger partial charge in [-0.2, -0.15) is 0 Å². The highest BCUT2D eigenvalue weighted by molar-refractivity contribution is 7.13. The Kier molecular flexibility index (Phi) is 3.10. The van der Waals surface area contributed by atoms with E-state index >= 15 is 0 Å². The zero-order chi connectivity index (χ0) is 12.4. The Morgan fingerprint density at radius 3 is 2.94 bits per heavy atom. The van der Waals surface area contributed by atoms with Gasteiger partial charge >= 0.3 is 5.97 Å². The van der Waals surface area contributed by atoms with Gasteiger partial charge in [0.05, 0.1) is 4.88 Å². The lowest BCUT2D eigenvalue weighted by Crippen LogP contribution is -2.27. The molecule has 0 unspecified atom stereocenters. The van der Waals surface area contributed by atoms with Gasteiger partial charge in [0.1, 0.15) is 6.54 Å². The third kappa shape index (κ3) is 2.28. The number of carboxylic acids is 1. The van der Waals surface area contributed by atoms with Crippen LogP contribution in [-0.4, -0.2) is 39.4 Å². The van der Waals surface area contributed by atoms with Crippen molar-refractivity contribution in [2.45, 2.75) is 0 Å². The summed E-state index contributed by atoms with van der Waals surface area (Å²) in [6.45, 7) is -0.101. The fraction of sp³-hybridized carbons (Fsp3) is 0.300. The molecule has 0 radical (unpaired) electrons. The molecular formula is C10H12N4O2S. The van der Waals surface area contributed by atoms with Crippen LogP contribution in [0.3, 0.4) is 0 Å². The van der Waals surface area contributed by atoms with E-state index in [2.05, 4.69) is 10.2 Å². The number of aromatic nitrogens is 3. The first-order chi connectivity index (χ1) is 8.09. The third-order valence-corrected chi connectivity index (χ3v) is 3.17. The second kappa shape index (κ2) is 4.54. The van der Waals surface area contributed by atoms with Gasteiger partial charge in [0.25, 0.3) is 0 Å². The standard InChI is InChI=1S/C10H12N4O2S/c1-13(6-8(15)16)10-12-11-9(14(10)2)7-4-3-5-17-7/h3-5H,6H2,1-2H3,(H,15,16). The lowest BCUT2D eigenvalue weighted by Gasteiger charge is -2.14. The molecule has 6 nitrogen and oxygen atoms in total. The van der Waals surface area contributed by atoms with Gasteiger partial charge in [0.2, 0.25) is 5.95 Å². The van der Waals surface area contributed by atoms with Crippen LogP contribution >= 0.6 is 11.3 Å². The third-order valence-electron chi connectivity index (χ3n) is 2.31. The topological polar surface area (TPSA) is 71.2 Å². The summed E-state index contributed by atoms with van der Waals surface area (Å²) in [4.78, 5) is 13.2. The Balaban J connectivity index is 2.30. The Bertz CT molecular complexity index is 520. The van der Waals surface area contributed by atoms with E-state index in [4.69, 9.17) is 5.11 Å². The molecule has 2 aromatic heterocycles. The highest BCUT2D eigenvalue weighted by Crippen LogP contribution is 2.24. The van der Waals surface area contributed by atoms with Gasteiger partial charge in [0, 0.05) is 14.1 Å². The summed E-state index contributed by atoms with van der Waals surface area (Å²) in [7, 11) is 3.50. The second-order valence-electron chi connectivity index (χ2n) is 3.61. The van der Waals surface area contributed by atoms with Crippen LogP contribution in [0.1, 0.15) is 0 Å². The summed E-state index contributed by atoms with van der Waals surface area (Å²) in [5, 5.41) is 18.8. The fourth-order valence-electron chi connectivity index (χ4n) is 1.55. The zero-order valence-electron chi connectivity index (χ0n) is 9.49. The first-order valence-electron chi connectivity index (χ1n) is 4.96. The van der Waals surface area contributed by atoms with E-state index in [9.17, 15) is 4.79 Å². The van der Waals surface area contributed by atoms with Gasteiger partial charge in [0.15, 0.2) is 5.82 Å². The molecule has 0 bridgehead atoms.